The first kappa shape index (κ1) is 11.8. The second kappa shape index (κ2) is 4.70. The number of rotatable bonds is 4. The Morgan fingerprint density at radius 3 is 2.53 bits per heavy atom. The van der Waals surface area contributed by atoms with Crippen LogP contribution in [0.2, 0.25) is 0 Å². The minimum absolute atomic E-state index is 0.00338. The lowest BCUT2D eigenvalue weighted by atomic mass is 9.99. The Morgan fingerprint density at radius 1 is 1.35 bits per heavy atom. The van der Waals surface area contributed by atoms with E-state index in [4.69, 9.17) is 5.21 Å². The summed E-state index contributed by atoms with van der Waals surface area (Å²) in [5, 5.41) is 12.0. The van der Waals surface area contributed by atoms with Crippen molar-refractivity contribution < 1.29 is 10.0 Å². The zero-order valence-corrected chi connectivity index (χ0v) is 10.1. The molecule has 2 unspecified atom stereocenters. The molecule has 1 fully saturated rings. The van der Waals surface area contributed by atoms with E-state index < -0.39 is 0 Å². The molecule has 3 nitrogen and oxygen atoms in total. The van der Waals surface area contributed by atoms with Crippen LogP contribution in [0.3, 0.4) is 0 Å². The predicted molar refractivity (Wildman–Crippen MR) is 66.4 cm³/mol. The Morgan fingerprint density at radius 2 is 2.00 bits per heavy atom. The normalized spacial score (nSPS) is 23.8. The van der Waals surface area contributed by atoms with E-state index >= 15 is 0 Å². The maximum atomic E-state index is 12.1. The molecule has 0 saturated heterocycles. The van der Waals surface area contributed by atoms with Crippen LogP contribution in [0, 0.1) is 11.8 Å². The van der Waals surface area contributed by atoms with Crippen molar-refractivity contribution in [1.82, 2.24) is 0 Å². The quantitative estimate of drug-likeness (QED) is 0.492. The largest absolute Gasteiger partial charge is 0.411 e. The fourth-order valence-electron chi connectivity index (χ4n) is 2.19. The molecule has 2 rings (SSSR count). The number of oxime groups is 1. The Hall–Kier alpha value is -1.64. The topological polar surface area (TPSA) is 49.7 Å². The maximum Gasteiger partial charge on any atom is 0.184 e. The fraction of sp³-hybridized carbons (Fsp3) is 0.429. The molecule has 0 amide bonds. The second-order valence-corrected chi connectivity index (χ2v) is 4.86. The van der Waals surface area contributed by atoms with Gasteiger partial charge in [-0.2, -0.15) is 0 Å². The van der Waals surface area contributed by atoms with E-state index in [1.807, 2.05) is 44.2 Å². The highest BCUT2D eigenvalue weighted by molar-refractivity contribution is 6.41. The number of carbonyl (C=O) groups is 1. The van der Waals surface area contributed by atoms with Gasteiger partial charge in [-0.3, -0.25) is 4.79 Å². The summed E-state index contributed by atoms with van der Waals surface area (Å²) in [7, 11) is 0. The number of ketones is 1. The van der Waals surface area contributed by atoms with Crippen LogP contribution in [0.4, 0.5) is 0 Å². The highest BCUT2D eigenvalue weighted by atomic mass is 16.4. The van der Waals surface area contributed by atoms with Gasteiger partial charge in [0.15, 0.2) is 5.78 Å². The summed E-state index contributed by atoms with van der Waals surface area (Å²) >= 11 is 0. The molecule has 1 aliphatic rings. The minimum Gasteiger partial charge on any atom is -0.411 e. The molecule has 0 aromatic heterocycles. The summed E-state index contributed by atoms with van der Waals surface area (Å²) in [6, 6.07) is 10.0. The Bertz CT molecular complexity index is 437. The molecular weight excluding hydrogens is 214 g/mol. The summed E-state index contributed by atoms with van der Waals surface area (Å²) < 4.78 is 0. The summed E-state index contributed by atoms with van der Waals surface area (Å²) in [6.07, 6.45) is 0.870. The van der Waals surface area contributed by atoms with Crippen LogP contribution in [0.5, 0.6) is 0 Å². The Labute approximate surface area is 101 Å². The molecule has 1 saturated carbocycles. The predicted octanol–water partition coefficient (Wildman–Crippen LogP) is 2.85. The summed E-state index contributed by atoms with van der Waals surface area (Å²) in [5.74, 6) is 0.283. The van der Waals surface area contributed by atoms with Crippen molar-refractivity contribution in [1.29, 1.82) is 0 Å². The van der Waals surface area contributed by atoms with Gasteiger partial charge in [-0.15, -0.1) is 0 Å². The number of Topliss-reactive ketones (excluding diaryl/α,β-unsaturated/α-hetero) is 1. The number of carbonyl (C=O) groups excluding carboxylic acids is 1. The van der Waals surface area contributed by atoms with E-state index in [1.165, 1.54) is 5.56 Å². The molecule has 1 N–H and O–H groups in total. The smallest absolute Gasteiger partial charge is 0.184 e. The number of hydrogen-bond donors (Lipinski definition) is 1. The Balaban J connectivity index is 2.07. The average Bonchev–Trinajstić information content (AvgIpc) is 3.10. The summed E-state index contributed by atoms with van der Waals surface area (Å²) in [4.78, 5) is 12.1. The van der Waals surface area contributed by atoms with Crippen LogP contribution in [-0.4, -0.2) is 16.7 Å². The van der Waals surface area contributed by atoms with Crippen molar-refractivity contribution in [2.24, 2.45) is 17.0 Å². The summed E-state index contributed by atoms with van der Waals surface area (Å²) in [5.41, 5.74) is 1.50. The molecule has 0 heterocycles. The zero-order chi connectivity index (χ0) is 12.4. The van der Waals surface area contributed by atoms with Gasteiger partial charge in [-0.1, -0.05) is 49.3 Å². The van der Waals surface area contributed by atoms with Gasteiger partial charge in [0.25, 0.3) is 0 Å². The molecule has 1 aromatic carbocycles. The third kappa shape index (κ3) is 2.38. The monoisotopic (exact) mass is 231 g/mol. The van der Waals surface area contributed by atoms with Gasteiger partial charge < -0.3 is 5.21 Å². The van der Waals surface area contributed by atoms with E-state index in [-0.39, 0.29) is 17.6 Å². The molecule has 3 heteroatoms. The lowest BCUT2D eigenvalue weighted by Crippen LogP contribution is -2.22. The highest BCUT2D eigenvalue weighted by Crippen LogP contribution is 2.48. The lowest BCUT2D eigenvalue weighted by molar-refractivity contribution is -0.114. The van der Waals surface area contributed by atoms with Crippen molar-refractivity contribution >= 4 is 11.5 Å². The highest BCUT2D eigenvalue weighted by Gasteiger charge is 2.45. The van der Waals surface area contributed by atoms with Crippen LogP contribution in [0.1, 0.15) is 31.7 Å². The van der Waals surface area contributed by atoms with Crippen molar-refractivity contribution in [2.45, 2.75) is 26.2 Å². The molecular formula is C14H17NO2. The molecule has 0 radical (unpaired) electrons. The first-order valence-electron chi connectivity index (χ1n) is 5.96. The van der Waals surface area contributed by atoms with Crippen molar-refractivity contribution in [2.75, 3.05) is 0 Å². The molecule has 0 aliphatic heterocycles. The first-order valence-corrected chi connectivity index (χ1v) is 5.96. The van der Waals surface area contributed by atoms with Gasteiger partial charge in [-0.05, 0) is 17.9 Å². The standard InChI is InChI=1S/C14H17NO2/c1-9(2)13(15-17)14(16)12-8-11(12)10-6-4-3-5-7-10/h3-7,9,11-12,17H,8H2,1-2H3/b15-13+. The van der Waals surface area contributed by atoms with Crippen LogP contribution < -0.4 is 0 Å². The fourth-order valence-corrected chi connectivity index (χ4v) is 2.19. The van der Waals surface area contributed by atoms with E-state index in [1.54, 1.807) is 0 Å². The zero-order valence-electron chi connectivity index (χ0n) is 10.1. The third-order valence-corrected chi connectivity index (χ3v) is 3.26. The number of nitrogens with zero attached hydrogens (tertiary/aromatic N) is 1. The minimum atomic E-state index is -0.0236. The average molecular weight is 231 g/mol. The van der Waals surface area contributed by atoms with E-state index in [2.05, 4.69) is 5.16 Å². The van der Waals surface area contributed by atoms with Crippen molar-refractivity contribution in [3.63, 3.8) is 0 Å². The number of benzene rings is 1. The second-order valence-electron chi connectivity index (χ2n) is 4.86. The summed E-state index contributed by atoms with van der Waals surface area (Å²) in [6.45, 7) is 3.74. The van der Waals surface area contributed by atoms with E-state index in [0.717, 1.165) is 6.42 Å². The van der Waals surface area contributed by atoms with Gasteiger partial charge in [0.1, 0.15) is 5.71 Å². The maximum absolute atomic E-state index is 12.1. The van der Waals surface area contributed by atoms with Crippen molar-refractivity contribution in [3.8, 4) is 0 Å². The van der Waals surface area contributed by atoms with Gasteiger partial charge in [0.2, 0.25) is 0 Å². The SMILES string of the molecule is CC(C)/C(=N\O)C(=O)C1CC1c1ccccc1. The van der Waals surface area contributed by atoms with E-state index in [0.29, 0.717) is 11.6 Å². The van der Waals surface area contributed by atoms with Gasteiger partial charge in [0, 0.05) is 11.8 Å². The lowest BCUT2D eigenvalue weighted by Gasteiger charge is -2.06. The van der Waals surface area contributed by atoms with Crippen LogP contribution >= 0.6 is 0 Å². The third-order valence-electron chi connectivity index (χ3n) is 3.26. The molecule has 0 bridgehead atoms. The first-order chi connectivity index (χ1) is 8.15. The molecule has 0 spiro atoms. The van der Waals surface area contributed by atoms with Crippen LogP contribution in [0.25, 0.3) is 0 Å². The molecule has 1 aromatic rings. The van der Waals surface area contributed by atoms with Gasteiger partial charge >= 0.3 is 0 Å². The Kier molecular flexibility index (Phi) is 3.27. The van der Waals surface area contributed by atoms with Crippen LogP contribution in [-0.2, 0) is 4.79 Å². The molecule has 1 aliphatic carbocycles. The molecule has 2 atom stereocenters. The molecule has 90 valence electrons. The van der Waals surface area contributed by atoms with Crippen LogP contribution in [0.15, 0.2) is 35.5 Å². The van der Waals surface area contributed by atoms with Crippen molar-refractivity contribution in [3.05, 3.63) is 35.9 Å². The van der Waals surface area contributed by atoms with E-state index in [9.17, 15) is 4.79 Å². The number of hydrogen-bond acceptors (Lipinski definition) is 3. The van der Waals surface area contributed by atoms with Gasteiger partial charge in [-0.25, -0.2) is 0 Å². The van der Waals surface area contributed by atoms with Gasteiger partial charge in [0.05, 0.1) is 0 Å². The molecule has 17 heavy (non-hydrogen) atoms.